The van der Waals surface area contributed by atoms with Crippen molar-refractivity contribution in [3.05, 3.63) is 52.9 Å². The van der Waals surface area contributed by atoms with Gasteiger partial charge in [-0.3, -0.25) is 9.59 Å². The first-order valence-electron chi connectivity index (χ1n) is 11.6. The van der Waals surface area contributed by atoms with Gasteiger partial charge in [-0.2, -0.15) is 0 Å². The first-order chi connectivity index (χ1) is 17.0. The van der Waals surface area contributed by atoms with Crippen LogP contribution >= 0.6 is 0 Å². The van der Waals surface area contributed by atoms with Gasteiger partial charge in [0.15, 0.2) is 11.4 Å². The van der Waals surface area contributed by atoms with E-state index >= 15 is 0 Å². The predicted molar refractivity (Wildman–Crippen MR) is 120 cm³/mol. The highest BCUT2D eigenvalue weighted by molar-refractivity contribution is 5.95. The quantitative estimate of drug-likeness (QED) is 0.576. The van der Waals surface area contributed by atoms with Crippen molar-refractivity contribution in [3.63, 3.8) is 0 Å². The Kier molecular flexibility index (Phi) is 6.45. The average molecular weight is 482 g/mol. The van der Waals surface area contributed by atoms with E-state index < -0.39 is 12.1 Å². The van der Waals surface area contributed by atoms with Crippen LogP contribution in [0.2, 0.25) is 0 Å². The third-order valence-corrected chi connectivity index (χ3v) is 6.30. The highest BCUT2D eigenvalue weighted by atomic mass is 16.5. The largest absolute Gasteiger partial charge is 0.489 e. The second kappa shape index (κ2) is 9.82. The van der Waals surface area contributed by atoms with Crippen molar-refractivity contribution >= 4 is 11.8 Å². The molecular weight excluding hydrogens is 454 g/mol. The van der Waals surface area contributed by atoms with Gasteiger partial charge in [-0.15, -0.1) is 5.10 Å². The van der Waals surface area contributed by atoms with Crippen LogP contribution < -0.4 is 10.1 Å². The molecule has 1 fully saturated rings. The number of likely N-dealkylation sites (tertiary alicyclic amines) is 1. The summed E-state index contributed by atoms with van der Waals surface area (Å²) in [7, 11) is 0. The van der Waals surface area contributed by atoms with E-state index in [-0.39, 0.29) is 24.1 Å². The lowest BCUT2D eigenvalue weighted by Crippen LogP contribution is -2.44. The number of ether oxygens (including phenoxy) is 2. The minimum absolute atomic E-state index is 0.0268. The van der Waals surface area contributed by atoms with Gasteiger partial charge in [0, 0.05) is 31.3 Å². The summed E-state index contributed by atoms with van der Waals surface area (Å²) in [5, 5.41) is 15.2. The first-order valence-corrected chi connectivity index (χ1v) is 11.6. The summed E-state index contributed by atoms with van der Waals surface area (Å²) in [4.78, 5) is 32.1. The summed E-state index contributed by atoms with van der Waals surface area (Å²) >= 11 is 0. The molecule has 12 nitrogen and oxygen atoms in total. The molecule has 2 atom stereocenters. The summed E-state index contributed by atoms with van der Waals surface area (Å²) in [6.45, 7) is 5.36. The zero-order valence-electron chi connectivity index (χ0n) is 19.6. The number of pyridine rings is 1. The van der Waals surface area contributed by atoms with Crippen LogP contribution in [0, 0.1) is 13.8 Å². The number of nitrogens with one attached hydrogen (secondary N) is 1. The molecule has 3 aromatic rings. The molecule has 184 valence electrons. The van der Waals surface area contributed by atoms with Gasteiger partial charge in [0.25, 0.3) is 5.91 Å². The van der Waals surface area contributed by atoms with Gasteiger partial charge in [0.1, 0.15) is 18.1 Å². The molecule has 35 heavy (non-hydrogen) atoms. The molecule has 0 unspecified atom stereocenters. The normalized spacial score (nSPS) is 20.4. The molecule has 0 radical (unpaired) electrons. The lowest BCUT2D eigenvalue weighted by atomic mass is 10.1. The lowest BCUT2D eigenvalue weighted by Gasteiger charge is -2.20. The van der Waals surface area contributed by atoms with Crippen LogP contribution in [0.5, 0.6) is 5.75 Å². The molecule has 0 spiro atoms. The molecule has 0 aliphatic carbocycles. The highest BCUT2D eigenvalue weighted by Gasteiger charge is 2.37. The third-order valence-electron chi connectivity index (χ3n) is 6.30. The molecule has 0 aromatic carbocycles. The number of aryl methyl sites for hydroxylation is 2. The summed E-state index contributed by atoms with van der Waals surface area (Å²) < 4.78 is 18.8. The Labute approximate surface area is 201 Å². The van der Waals surface area contributed by atoms with Crippen LogP contribution in [0.4, 0.5) is 0 Å². The maximum Gasteiger partial charge on any atom is 0.274 e. The Bertz CT molecular complexity index is 1200. The molecule has 12 heteroatoms. The second-order valence-electron chi connectivity index (χ2n) is 8.70. The van der Waals surface area contributed by atoms with E-state index in [1.807, 2.05) is 13.8 Å². The van der Waals surface area contributed by atoms with Crippen LogP contribution in [0.3, 0.4) is 0 Å². The highest BCUT2D eigenvalue weighted by Crippen LogP contribution is 2.21. The summed E-state index contributed by atoms with van der Waals surface area (Å²) in [5.74, 6) is 0.700. The number of carbonyl (C=O) groups is 2. The van der Waals surface area contributed by atoms with E-state index in [1.165, 1.54) is 0 Å². The van der Waals surface area contributed by atoms with Crippen LogP contribution in [-0.2, 0) is 29.1 Å². The van der Waals surface area contributed by atoms with Gasteiger partial charge >= 0.3 is 0 Å². The van der Waals surface area contributed by atoms with Gasteiger partial charge in [0.05, 0.1) is 37.2 Å². The van der Waals surface area contributed by atoms with Gasteiger partial charge in [-0.25, -0.2) is 9.67 Å². The fourth-order valence-corrected chi connectivity index (χ4v) is 4.40. The van der Waals surface area contributed by atoms with Crippen molar-refractivity contribution in [1.29, 1.82) is 0 Å². The van der Waals surface area contributed by atoms with Crippen LogP contribution in [0.1, 0.15) is 39.6 Å². The number of nitrogens with zero attached hydrogens (tertiary/aromatic N) is 6. The molecule has 3 aromatic heterocycles. The van der Waals surface area contributed by atoms with Crippen molar-refractivity contribution in [2.75, 3.05) is 19.7 Å². The fourth-order valence-electron chi connectivity index (χ4n) is 4.40. The van der Waals surface area contributed by atoms with E-state index in [2.05, 4.69) is 25.8 Å². The Morgan fingerprint density at radius 3 is 3.00 bits per heavy atom. The number of carbonyl (C=O) groups excluding carboxylic acids is 2. The Morgan fingerprint density at radius 1 is 1.29 bits per heavy atom. The number of hydrogen-bond donors (Lipinski definition) is 1. The van der Waals surface area contributed by atoms with Crippen molar-refractivity contribution in [1.82, 2.24) is 35.4 Å². The summed E-state index contributed by atoms with van der Waals surface area (Å²) in [6, 6.07) is 3.00. The zero-order valence-corrected chi connectivity index (χ0v) is 19.6. The Balaban J connectivity index is 1.33. The lowest BCUT2D eigenvalue weighted by molar-refractivity contribution is -0.130. The molecule has 5 heterocycles. The Morgan fingerprint density at radius 2 is 2.17 bits per heavy atom. The molecule has 1 saturated heterocycles. The number of fused-ring (bicyclic) bond motifs is 4. The van der Waals surface area contributed by atoms with E-state index in [1.54, 1.807) is 34.1 Å². The van der Waals surface area contributed by atoms with Gasteiger partial charge in [-0.1, -0.05) is 10.4 Å². The molecule has 0 saturated carbocycles. The van der Waals surface area contributed by atoms with E-state index in [4.69, 9.17) is 14.0 Å². The Hall–Kier alpha value is -3.80. The van der Waals surface area contributed by atoms with E-state index in [0.29, 0.717) is 50.5 Å². The van der Waals surface area contributed by atoms with Crippen molar-refractivity contribution in [2.45, 2.75) is 52.0 Å². The van der Waals surface area contributed by atoms with Gasteiger partial charge < -0.3 is 24.2 Å². The summed E-state index contributed by atoms with van der Waals surface area (Å²) in [5.41, 5.74) is 2.59. The van der Waals surface area contributed by atoms with Crippen molar-refractivity contribution < 1.29 is 23.6 Å². The molecule has 5 rings (SSSR count). The first kappa shape index (κ1) is 23.0. The zero-order chi connectivity index (χ0) is 24.4. The molecular formula is C23H27N7O5. The molecule has 2 aliphatic rings. The van der Waals surface area contributed by atoms with Gasteiger partial charge in [-0.05, 0) is 32.4 Å². The predicted octanol–water partition coefficient (Wildman–Crippen LogP) is 0.829. The minimum Gasteiger partial charge on any atom is -0.489 e. The maximum atomic E-state index is 13.1. The van der Waals surface area contributed by atoms with Crippen LogP contribution in [0.15, 0.2) is 29.0 Å². The molecule has 2 bridgehead atoms. The molecule has 1 N–H and O–H groups in total. The monoisotopic (exact) mass is 481 g/mol. The number of rotatable bonds is 3. The number of amides is 2. The van der Waals surface area contributed by atoms with Gasteiger partial charge in [0.2, 0.25) is 5.91 Å². The number of aromatic nitrogens is 5. The third kappa shape index (κ3) is 5.02. The second-order valence-corrected chi connectivity index (χ2v) is 8.70. The van der Waals surface area contributed by atoms with Crippen molar-refractivity contribution in [3.8, 4) is 5.75 Å². The SMILES string of the molecule is Cc1noc(C)c1CCC(=O)N1C[C@@H]2NC(=O)c3ncccc3OCCn3cc(nn3)CO[C@H]2C1. The van der Waals surface area contributed by atoms with Crippen LogP contribution in [0.25, 0.3) is 0 Å². The van der Waals surface area contributed by atoms with E-state index in [0.717, 1.165) is 17.0 Å². The topological polar surface area (TPSA) is 138 Å². The maximum absolute atomic E-state index is 13.1. The number of hydrogen-bond acceptors (Lipinski definition) is 9. The summed E-state index contributed by atoms with van der Waals surface area (Å²) in [6.07, 6.45) is 3.78. The smallest absolute Gasteiger partial charge is 0.274 e. The molecule has 2 amide bonds. The minimum atomic E-state index is -0.418. The van der Waals surface area contributed by atoms with Crippen molar-refractivity contribution in [2.24, 2.45) is 0 Å². The van der Waals surface area contributed by atoms with Crippen LogP contribution in [-0.4, -0.2) is 73.7 Å². The van der Waals surface area contributed by atoms with E-state index in [9.17, 15) is 9.59 Å². The fraction of sp³-hybridized carbons (Fsp3) is 0.478. The standard InChI is InChI=1S/C23H27N7O5/c1-14-17(15(2)35-27-14)5-6-21(31)29-11-18-20(12-29)34-13-16-10-30(28-26-16)8-9-33-19-4-3-7-24-22(19)23(32)25-18/h3-4,7,10,18,20H,5-6,8-9,11-13H2,1-2H3,(H,25,32)/t18-,20-/m0/s1. The molecule has 2 aliphatic heterocycles. The average Bonchev–Trinajstić information content (AvgIpc) is 3.55.